The van der Waals surface area contributed by atoms with Gasteiger partial charge in [0.15, 0.2) is 0 Å². The molecule has 1 aromatic rings. The van der Waals surface area contributed by atoms with Crippen molar-refractivity contribution in [2.45, 2.75) is 32.2 Å². The summed E-state index contributed by atoms with van der Waals surface area (Å²) in [5, 5.41) is 6.00. The highest BCUT2D eigenvalue weighted by molar-refractivity contribution is 5.92. The van der Waals surface area contributed by atoms with Crippen molar-refractivity contribution in [2.75, 3.05) is 31.5 Å². The van der Waals surface area contributed by atoms with Crippen LogP contribution in [-0.4, -0.2) is 43.0 Å². The number of piperidine rings is 1. The Hall–Kier alpha value is -1.46. The van der Waals surface area contributed by atoms with Crippen molar-refractivity contribution in [2.24, 2.45) is 0 Å². The number of hydrogen-bond acceptors (Lipinski definition) is 3. The van der Waals surface area contributed by atoms with Crippen LogP contribution in [0, 0.1) is 5.82 Å². The van der Waals surface area contributed by atoms with E-state index in [9.17, 15) is 9.18 Å². The van der Waals surface area contributed by atoms with Crippen molar-refractivity contribution in [1.82, 2.24) is 10.2 Å². The summed E-state index contributed by atoms with van der Waals surface area (Å²) >= 11 is 0. The van der Waals surface area contributed by atoms with Gasteiger partial charge in [-0.1, -0.05) is 25.5 Å². The number of rotatable bonds is 6. The van der Waals surface area contributed by atoms with Gasteiger partial charge >= 0.3 is 0 Å². The molecule has 1 saturated heterocycles. The number of anilines is 1. The van der Waals surface area contributed by atoms with Gasteiger partial charge in [0.05, 0.1) is 12.2 Å². The number of likely N-dealkylation sites (N-methyl/N-ethyl adjacent to an activating group) is 1. The van der Waals surface area contributed by atoms with Gasteiger partial charge in [0.25, 0.3) is 0 Å². The third-order valence-electron chi connectivity index (χ3n) is 3.87. The first-order valence-electron chi connectivity index (χ1n) is 7.70. The standard InChI is InChI=1S/C16H24FN3O/c1-2-18-11-13-7-5-6-10-20(13)12-16(21)19-15-9-4-3-8-14(15)17/h3-4,8-9,13,18H,2,5-7,10-12H2,1H3,(H,19,21). The van der Waals surface area contributed by atoms with E-state index in [4.69, 9.17) is 0 Å². The predicted molar refractivity (Wildman–Crippen MR) is 82.8 cm³/mol. The van der Waals surface area contributed by atoms with Crippen LogP contribution in [-0.2, 0) is 4.79 Å². The van der Waals surface area contributed by atoms with Crippen LogP contribution in [0.15, 0.2) is 24.3 Å². The van der Waals surface area contributed by atoms with Crippen molar-refractivity contribution in [3.05, 3.63) is 30.1 Å². The quantitative estimate of drug-likeness (QED) is 0.845. The number of benzene rings is 1. The van der Waals surface area contributed by atoms with Gasteiger partial charge in [-0.05, 0) is 38.1 Å². The van der Waals surface area contributed by atoms with E-state index in [-0.39, 0.29) is 11.6 Å². The van der Waals surface area contributed by atoms with Crippen molar-refractivity contribution >= 4 is 11.6 Å². The molecule has 0 spiro atoms. The second-order valence-electron chi connectivity index (χ2n) is 5.46. The molecule has 1 amide bonds. The summed E-state index contributed by atoms with van der Waals surface area (Å²) in [7, 11) is 0. The molecule has 2 N–H and O–H groups in total. The van der Waals surface area contributed by atoms with Gasteiger partial charge in [-0.15, -0.1) is 0 Å². The van der Waals surface area contributed by atoms with Crippen molar-refractivity contribution in [3.8, 4) is 0 Å². The lowest BCUT2D eigenvalue weighted by Crippen LogP contribution is -2.48. The maximum atomic E-state index is 13.5. The van der Waals surface area contributed by atoms with E-state index in [1.807, 2.05) is 0 Å². The summed E-state index contributed by atoms with van der Waals surface area (Å²) in [4.78, 5) is 14.3. The molecule has 2 rings (SSSR count). The van der Waals surface area contributed by atoms with Crippen LogP contribution in [0.5, 0.6) is 0 Å². The molecule has 1 unspecified atom stereocenters. The fourth-order valence-electron chi connectivity index (χ4n) is 2.75. The molecule has 4 nitrogen and oxygen atoms in total. The van der Waals surface area contributed by atoms with Crippen LogP contribution in [0.1, 0.15) is 26.2 Å². The topological polar surface area (TPSA) is 44.4 Å². The minimum absolute atomic E-state index is 0.150. The number of amides is 1. The minimum atomic E-state index is -0.395. The second kappa shape index (κ2) is 8.10. The Morgan fingerprint density at radius 1 is 1.38 bits per heavy atom. The number of halogens is 1. The first kappa shape index (κ1) is 15.9. The number of carbonyl (C=O) groups is 1. The monoisotopic (exact) mass is 293 g/mol. The van der Waals surface area contributed by atoms with Crippen LogP contribution in [0.3, 0.4) is 0 Å². The molecule has 21 heavy (non-hydrogen) atoms. The second-order valence-corrected chi connectivity index (χ2v) is 5.46. The molecule has 0 aromatic heterocycles. The largest absolute Gasteiger partial charge is 0.322 e. The lowest BCUT2D eigenvalue weighted by Gasteiger charge is -2.35. The van der Waals surface area contributed by atoms with Crippen LogP contribution >= 0.6 is 0 Å². The maximum absolute atomic E-state index is 13.5. The van der Waals surface area contributed by atoms with Crippen molar-refractivity contribution in [3.63, 3.8) is 0 Å². The molecule has 1 aliphatic rings. The lowest BCUT2D eigenvalue weighted by atomic mass is 10.0. The molecule has 0 saturated carbocycles. The highest BCUT2D eigenvalue weighted by Gasteiger charge is 2.23. The van der Waals surface area contributed by atoms with E-state index in [0.29, 0.717) is 12.6 Å². The summed E-state index contributed by atoms with van der Waals surface area (Å²) in [6, 6.07) is 6.66. The first-order valence-corrected chi connectivity index (χ1v) is 7.70. The van der Waals surface area contributed by atoms with E-state index in [0.717, 1.165) is 32.5 Å². The summed E-state index contributed by atoms with van der Waals surface area (Å²) in [5.41, 5.74) is 0.253. The number of nitrogens with one attached hydrogen (secondary N) is 2. The predicted octanol–water partition coefficient (Wildman–Crippen LogP) is 2.23. The Morgan fingerprint density at radius 3 is 2.95 bits per heavy atom. The van der Waals surface area contributed by atoms with E-state index in [1.54, 1.807) is 18.2 Å². The summed E-state index contributed by atoms with van der Waals surface area (Å²) < 4.78 is 13.5. The van der Waals surface area contributed by atoms with E-state index in [1.165, 1.54) is 12.5 Å². The molecule has 1 fully saturated rings. The zero-order chi connectivity index (χ0) is 15.1. The third-order valence-corrected chi connectivity index (χ3v) is 3.87. The molecule has 1 aliphatic heterocycles. The normalized spacial score (nSPS) is 19.4. The van der Waals surface area contributed by atoms with Gasteiger partial charge in [0.2, 0.25) is 5.91 Å². The summed E-state index contributed by atoms with van der Waals surface area (Å²) in [6.07, 6.45) is 3.44. The average Bonchev–Trinajstić information content (AvgIpc) is 2.49. The molecule has 1 aromatic carbocycles. The van der Waals surface area contributed by atoms with Gasteiger partial charge in [0, 0.05) is 12.6 Å². The zero-order valence-electron chi connectivity index (χ0n) is 12.6. The van der Waals surface area contributed by atoms with E-state index >= 15 is 0 Å². The molecule has 1 atom stereocenters. The Balaban J connectivity index is 1.89. The van der Waals surface area contributed by atoms with Crippen molar-refractivity contribution < 1.29 is 9.18 Å². The Bertz CT molecular complexity index is 467. The Kier molecular flexibility index (Phi) is 6.14. The highest BCUT2D eigenvalue weighted by Crippen LogP contribution is 2.17. The number of likely N-dealkylation sites (tertiary alicyclic amines) is 1. The van der Waals surface area contributed by atoms with Gasteiger partial charge in [-0.3, -0.25) is 9.69 Å². The molecule has 0 aliphatic carbocycles. The maximum Gasteiger partial charge on any atom is 0.238 e. The zero-order valence-corrected chi connectivity index (χ0v) is 12.6. The molecule has 1 heterocycles. The summed E-state index contributed by atoms with van der Waals surface area (Å²) in [6.45, 7) is 5.18. The van der Waals surface area contributed by atoms with Gasteiger partial charge in [0.1, 0.15) is 5.82 Å². The fourth-order valence-corrected chi connectivity index (χ4v) is 2.75. The number of carbonyl (C=O) groups excluding carboxylic acids is 1. The van der Waals surface area contributed by atoms with Crippen molar-refractivity contribution in [1.29, 1.82) is 0 Å². The first-order chi connectivity index (χ1) is 10.2. The van der Waals surface area contributed by atoms with E-state index in [2.05, 4.69) is 22.5 Å². The number of hydrogen-bond donors (Lipinski definition) is 2. The molecular weight excluding hydrogens is 269 g/mol. The molecule has 116 valence electrons. The SMILES string of the molecule is CCNCC1CCCCN1CC(=O)Nc1ccccc1F. The molecule has 5 heteroatoms. The van der Waals surface area contributed by atoms with Gasteiger partial charge in [-0.2, -0.15) is 0 Å². The van der Waals surface area contributed by atoms with Crippen LogP contribution in [0.4, 0.5) is 10.1 Å². The van der Waals surface area contributed by atoms with E-state index < -0.39 is 5.82 Å². The Labute approximate surface area is 125 Å². The third kappa shape index (κ3) is 4.79. The number of para-hydroxylation sites is 1. The van der Waals surface area contributed by atoms with Crippen LogP contribution in [0.25, 0.3) is 0 Å². The highest BCUT2D eigenvalue weighted by atomic mass is 19.1. The fraction of sp³-hybridized carbons (Fsp3) is 0.562. The molecular formula is C16H24FN3O. The molecule has 0 radical (unpaired) electrons. The number of nitrogens with zero attached hydrogens (tertiary/aromatic N) is 1. The lowest BCUT2D eigenvalue weighted by molar-refractivity contribution is -0.118. The van der Waals surface area contributed by atoms with Gasteiger partial charge in [-0.25, -0.2) is 4.39 Å². The minimum Gasteiger partial charge on any atom is -0.322 e. The Morgan fingerprint density at radius 2 is 2.19 bits per heavy atom. The smallest absolute Gasteiger partial charge is 0.238 e. The van der Waals surface area contributed by atoms with Gasteiger partial charge < -0.3 is 10.6 Å². The summed E-state index contributed by atoms with van der Waals surface area (Å²) in [5.74, 6) is -0.544. The average molecular weight is 293 g/mol. The molecule has 0 bridgehead atoms. The van der Waals surface area contributed by atoms with Crippen LogP contribution in [0.2, 0.25) is 0 Å². The van der Waals surface area contributed by atoms with Crippen LogP contribution < -0.4 is 10.6 Å².